The molecule has 0 bridgehead atoms. The molecule has 1 aromatic rings. The van der Waals surface area contributed by atoms with Crippen molar-refractivity contribution in [2.75, 3.05) is 0 Å². The minimum Gasteiger partial charge on any atom is -0.339 e. The van der Waals surface area contributed by atoms with Crippen molar-refractivity contribution in [2.45, 2.75) is 57.1 Å². The molecule has 0 saturated carbocycles. The first-order valence-electron chi connectivity index (χ1n) is 5.80. The van der Waals surface area contributed by atoms with Crippen LogP contribution in [0, 0.1) is 0 Å². The van der Waals surface area contributed by atoms with E-state index in [1.807, 2.05) is 11.8 Å². The van der Waals surface area contributed by atoms with Gasteiger partial charge in [-0.05, 0) is 11.7 Å². The lowest BCUT2D eigenvalue weighted by Crippen LogP contribution is -2.22. The summed E-state index contributed by atoms with van der Waals surface area (Å²) in [6, 6.07) is 0.135. The van der Waals surface area contributed by atoms with Crippen molar-refractivity contribution in [2.24, 2.45) is 5.73 Å². The van der Waals surface area contributed by atoms with E-state index in [1.54, 1.807) is 0 Å². The zero-order chi connectivity index (χ0) is 12.0. The highest BCUT2D eigenvalue weighted by molar-refractivity contribution is 7.99. The third-order valence-corrected chi connectivity index (χ3v) is 3.24. The van der Waals surface area contributed by atoms with E-state index in [-0.39, 0.29) is 6.04 Å². The van der Waals surface area contributed by atoms with Crippen LogP contribution in [0.15, 0.2) is 4.52 Å². The number of hydrogen-bond acceptors (Lipinski definition) is 5. The zero-order valence-electron chi connectivity index (χ0n) is 10.3. The van der Waals surface area contributed by atoms with Gasteiger partial charge in [0.2, 0.25) is 5.89 Å². The standard InChI is InChI=1S/C11H21N3OS/c1-4-5-9(12)6-11-13-10(14-15-11)7-16-8(2)3/h8-9H,4-7,12H2,1-3H3. The van der Waals surface area contributed by atoms with Gasteiger partial charge in [0.25, 0.3) is 0 Å². The van der Waals surface area contributed by atoms with Gasteiger partial charge in [-0.25, -0.2) is 0 Å². The molecule has 0 spiro atoms. The van der Waals surface area contributed by atoms with E-state index in [2.05, 4.69) is 30.9 Å². The van der Waals surface area contributed by atoms with E-state index < -0.39 is 0 Å². The van der Waals surface area contributed by atoms with Crippen LogP contribution in [0.2, 0.25) is 0 Å². The van der Waals surface area contributed by atoms with Crippen molar-refractivity contribution in [3.63, 3.8) is 0 Å². The van der Waals surface area contributed by atoms with Gasteiger partial charge in [-0.3, -0.25) is 0 Å². The minimum absolute atomic E-state index is 0.135. The van der Waals surface area contributed by atoms with Crippen molar-refractivity contribution in [1.82, 2.24) is 10.1 Å². The molecule has 0 amide bonds. The van der Waals surface area contributed by atoms with Gasteiger partial charge in [0.05, 0.1) is 5.75 Å². The maximum absolute atomic E-state index is 5.91. The summed E-state index contributed by atoms with van der Waals surface area (Å²) in [7, 11) is 0. The van der Waals surface area contributed by atoms with Gasteiger partial charge in [0.1, 0.15) is 0 Å². The molecule has 16 heavy (non-hydrogen) atoms. The smallest absolute Gasteiger partial charge is 0.228 e. The summed E-state index contributed by atoms with van der Waals surface area (Å²) in [5.74, 6) is 2.25. The lowest BCUT2D eigenvalue weighted by Gasteiger charge is -2.05. The van der Waals surface area contributed by atoms with Crippen LogP contribution in [0.25, 0.3) is 0 Å². The van der Waals surface area contributed by atoms with Gasteiger partial charge >= 0.3 is 0 Å². The molecule has 1 unspecified atom stereocenters. The second kappa shape index (κ2) is 6.91. The van der Waals surface area contributed by atoms with Gasteiger partial charge < -0.3 is 10.3 Å². The molecule has 0 aliphatic rings. The van der Waals surface area contributed by atoms with Crippen molar-refractivity contribution in [1.29, 1.82) is 0 Å². The summed E-state index contributed by atoms with van der Waals surface area (Å²) < 4.78 is 5.16. The average molecular weight is 243 g/mol. The van der Waals surface area contributed by atoms with Crippen molar-refractivity contribution in [3.8, 4) is 0 Å². The molecule has 1 rings (SSSR count). The van der Waals surface area contributed by atoms with Crippen LogP contribution in [0.5, 0.6) is 0 Å². The van der Waals surface area contributed by atoms with E-state index in [9.17, 15) is 0 Å². The lowest BCUT2D eigenvalue weighted by atomic mass is 10.1. The Kier molecular flexibility index (Phi) is 5.84. The monoisotopic (exact) mass is 243 g/mol. The van der Waals surface area contributed by atoms with Crippen molar-refractivity contribution in [3.05, 3.63) is 11.7 Å². The molecule has 0 aliphatic heterocycles. The van der Waals surface area contributed by atoms with E-state index in [0.29, 0.717) is 17.6 Å². The summed E-state index contributed by atoms with van der Waals surface area (Å²) >= 11 is 1.81. The van der Waals surface area contributed by atoms with Crippen LogP contribution in [0.3, 0.4) is 0 Å². The second-order valence-electron chi connectivity index (χ2n) is 4.22. The summed E-state index contributed by atoms with van der Waals surface area (Å²) in [4.78, 5) is 4.33. The largest absolute Gasteiger partial charge is 0.339 e. The van der Waals surface area contributed by atoms with Crippen LogP contribution in [-0.2, 0) is 12.2 Å². The van der Waals surface area contributed by atoms with Crippen LogP contribution in [0.4, 0.5) is 0 Å². The summed E-state index contributed by atoms with van der Waals surface area (Å²) in [6.07, 6.45) is 2.77. The quantitative estimate of drug-likeness (QED) is 0.796. The Bertz CT molecular complexity index is 301. The normalized spacial score (nSPS) is 13.3. The van der Waals surface area contributed by atoms with Crippen molar-refractivity contribution >= 4 is 11.8 Å². The Balaban J connectivity index is 2.39. The predicted molar refractivity (Wildman–Crippen MR) is 67.3 cm³/mol. The molecular formula is C11H21N3OS. The molecule has 0 fully saturated rings. The molecule has 5 heteroatoms. The third-order valence-electron chi connectivity index (χ3n) is 2.15. The molecule has 92 valence electrons. The highest BCUT2D eigenvalue weighted by Crippen LogP contribution is 2.15. The minimum atomic E-state index is 0.135. The molecule has 1 aromatic heterocycles. The first kappa shape index (κ1) is 13.5. The summed E-state index contributed by atoms with van der Waals surface area (Å²) in [6.45, 7) is 6.43. The predicted octanol–water partition coefficient (Wildman–Crippen LogP) is 2.38. The number of aromatic nitrogens is 2. The van der Waals surface area contributed by atoms with Crippen molar-refractivity contribution < 1.29 is 4.52 Å². The molecule has 2 N–H and O–H groups in total. The number of rotatable bonds is 7. The average Bonchev–Trinajstić information content (AvgIpc) is 2.63. The molecule has 0 aromatic carbocycles. The molecule has 0 saturated heterocycles. The van der Waals surface area contributed by atoms with Gasteiger partial charge in [-0.1, -0.05) is 32.3 Å². The third kappa shape index (κ3) is 4.99. The fourth-order valence-electron chi connectivity index (χ4n) is 1.37. The molecule has 0 aliphatic carbocycles. The van der Waals surface area contributed by atoms with E-state index in [4.69, 9.17) is 10.3 Å². The topological polar surface area (TPSA) is 64.9 Å². The molecular weight excluding hydrogens is 222 g/mol. The van der Waals surface area contributed by atoms with Crippen LogP contribution in [0.1, 0.15) is 45.3 Å². The molecule has 0 radical (unpaired) electrons. The maximum atomic E-state index is 5.91. The number of nitrogens with zero attached hydrogens (tertiary/aromatic N) is 2. The second-order valence-corrected chi connectivity index (χ2v) is 5.78. The Morgan fingerprint density at radius 1 is 1.44 bits per heavy atom. The number of thioether (sulfide) groups is 1. The fraction of sp³-hybridized carbons (Fsp3) is 0.818. The zero-order valence-corrected chi connectivity index (χ0v) is 11.1. The Hall–Kier alpha value is -0.550. The van der Waals surface area contributed by atoms with E-state index in [0.717, 1.165) is 24.4 Å². The molecule has 1 heterocycles. The fourth-order valence-corrected chi connectivity index (χ4v) is 1.97. The van der Waals surface area contributed by atoms with Gasteiger partial charge in [-0.2, -0.15) is 16.7 Å². The summed E-state index contributed by atoms with van der Waals surface area (Å²) in [5.41, 5.74) is 5.91. The lowest BCUT2D eigenvalue weighted by molar-refractivity contribution is 0.362. The van der Waals surface area contributed by atoms with Gasteiger partial charge in [0, 0.05) is 12.5 Å². The van der Waals surface area contributed by atoms with E-state index in [1.165, 1.54) is 0 Å². The number of hydrogen-bond donors (Lipinski definition) is 1. The molecule has 1 atom stereocenters. The van der Waals surface area contributed by atoms with Gasteiger partial charge in [0.15, 0.2) is 5.82 Å². The maximum Gasteiger partial charge on any atom is 0.228 e. The highest BCUT2D eigenvalue weighted by atomic mass is 32.2. The van der Waals surface area contributed by atoms with Crippen LogP contribution in [-0.4, -0.2) is 21.4 Å². The Morgan fingerprint density at radius 2 is 2.19 bits per heavy atom. The van der Waals surface area contributed by atoms with Gasteiger partial charge in [-0.15, -0.1) is 0 Å². The SMILES string of the molecule is CCCC(N)Cc1nc(CSC(C)C)no1. The Labute approximate surface area is 101 Å². The summed E-state index contributed by atoms with van der Waals surface area (Å²) in [5, 5.41) is 4.53. The van der Waals surface area contributed by atoms with E-state index >= 15 is 0 Å². The first-order valence-corrected chi connectivity index (χ1v) is 6.85. The van der Waals surface area contributed by atoms with Crippen LogP contribution < -0.4 is 5.73 Å². The molecule has 4 nitrogen and oxygen atoms in total. The first-order chi connectivity index (χ1) is 7.61. The van der Waals surface area contributed by atoms with Crippen LogP contribution >= 0.6 is 11.8 Å². The number of nitrogens with two attached hydrogens (primary N) is 1. The Morgan fingerprint density at radius 3 is 2.81 bits per heavy atom. The highest BCUT2D eigenvalue weighted by Gasteiger charge is 2.10.